The third-order valence-electron chi connectivity index (χ3n) is 1.64. The summed E-state index contributed by atoms with van der Waals surface area (Å²) in [7, 11) is 2.32. The van der Waals surface area contributed by atoms with Crippen molar-refractivity contribution in [1.29, 1.82) is 0 Å². The van der Waals surface area contributed by atoms with Crippen molar-refractivity contribution in [3.8, 4) is 0 Å². The molecule has 2 aromatic rings. The fraction of sp³-hybridized carbons (Fsp3) is 0. The second kappa shape index (κ2) is 6.39. The molecule has 0 bridgehead atoms. The van der Waals surface area contributed by atoms with Gasteiger partial charge in [-0.05, 0) is 21.1 Å². The standard InChI is InChI=1S/C8H6N2OP.CH3.Rf.Y/c11-8-9-5-6-3-1-2-4-7(6)10(8)12;;;/h1-4H,12H2;1H3;;/q2*-1;;. The Labute approximate surface area is 110 Å². The molecule has 0 fully saturated rings. The molecule has 3 nitrogen and oxygen atoms in total. The van der Waals surface area contributed by atoms with Crippen molar-refractivity contribution in [2.75, 3.05) is 0 Å². The third-order valence-corrected chi connectivity index (χ3v) is 2.14. The summed E-state index contributed by atoms with van der Waals surface area (Å²) in [6.07, 6.45) is 2.66. The number of para-hydroxylation sites is 1. The average molecular weight is 548 g/mol. The van der Waals surface area contributed by atoms with Crippen molar-refractivity contribution in [1.82, 2.24) is 9.32 Å². The van der Waals surface area contributed by atoms with Crippen LogP contribution in [0.25, 0.3) is 10.9 Å². The van der Waals surface area contributed by atoms with Gasteiger partial charge in [0.25, 0.3) is 5.69 Å². The van der Waals surface area contributed by atoms with Gasteiger partial charge in [0.2, 0.25) is 0 Å². The Morgan fingerprint density at radius 3 is 2.60 bits per heavy atom. The molecule has 1 aromatic carbocycles. The maximum Gasteiger partial charge on any atom is 0.263 e. The first-order valence-corrected chi connectivity index (χ1v) is 3.95. The Bertz CT molecular complexity index is 489. The Hall–Kier alpha value is -1.11. The zero-order chi connectivity index (χ0) is 8.55. The van der Waals surface area contributed by atoms with Crippen LogP contribution in [0.2, 0.25) is 0 Å². The zero-order valence-corrected chi connectivity index (χ0v) is 18.9. The molecule has 0 N–H and O–H groups in total. The smallest absolute Gasteiger partial charge is 0.263 e. The first-order valence-electron chi connectivity index (χ1n) is 3.43. The first kappa shape index (κ1) is 16.3. The zero-order valence-electron chi connectivity index (χ0n) is 8.47. The van der Waals surface area contributed by atoms with Crippen LogP contribution in [0.5, 0.6) is 0 Å². The maximum atomic E-state index is 11.0. The fourth-order valence-corrected chi connectivity index (χ4v) is 1.33. The molecular formula is C9H9N2OPRfY-2. The van der Waals surface area contributed by atoms with Gasteiger partial charge in [0.05, 0.1) is 0 Å². The van der Waals surface area contributed by atoms with Gasteiger partial charge in [0.15, 0.2) is 0 Å². The van der Waals surface area contributed by atoms with E-state index in [-0.39, 0.29) is 45.8 Å². The largest absolute Gasteiger partial charge is 0.358 e. The summed E-state index contributed by atoms with van der Waals surface area (Å²) >= 11 is 0. The van der Waals surface area contributed by atoms with Crippen LogP contribution >= 0.6 is 9.39 Å². The monoisotopic (exact) mass is 548 g/mol. The van der Waals surface area contributed by atoms with E-state index in [1.807, 2.05) is 24.3 Å². The van der Waals surface area contributed by atoms with Crippen LogP contribution in [-0.2, 0) is 32.7 Å². The number of benzene rings is 1. The summed E-state index contributed by atoms with van der Waals surface area (Å²) in [5.41, 5.74) is 0.515. The van der Waals surface area contributed by atoms with Gasteiger partial charge in [-0.25, -0.2) is 0 Å². The van der Waals surface area contributed by atoms with Gasteiger partial charge >= 0.3 is 0 Å². The number of hydrogen-bond donors (Lipinski definition) is 0. The molecule has 2 rings (SSSR count). The summed E-state index contributed by atoms with van der Waals surface area (Å²) < 4.78 is 1.42. The molecule has 1 unspecified atom stereocenters. The maximum absolute atomic E-state index is 11.0. The van der Waals surface area contributed by atoms with Gasteiger partial charge in [-0.3, -0.25) is 4.98 Å². The molecule has 0 saturated heterocycles. The van der Waals surface area contributed by atoms with Crippen LogP contribution in [0.15, 0.2) is 29.1 Å². The molecule has 0 aliphatic carbocycles. The van der Waals surface area contributed by atoms with E-state index in [1.165, 1.54) is 4.34 Å². The molecular weight excluding hydrogens is 539 g/mol. The Kier molecular flexibility index (Phi) is 6.96. The molecule has 1 radical (unpaired) electrons. The summed E-state index contributed by atoms with van der Waals surface area (Å²) in [6, 6.07) is 7.47. The predicted molar refractivity (Wildman–Crippen MR) is 56.4 cm³/mol. The molecule has 0 saturated carbocycles. The van der Waals surface area contributed by atoms with E-state index in [1.54, 1.807) is 0 Å². The van der Waals surface area contributed by atoms with E-state index in [0.717, 1.165) is 10.9 Å². The van der Waals surface area contributed by atoms with E-state index in [9.17, 15) is 4.79 Å². The summed E-state index contributed by atoms with van der Waals surface area (Å²) in [5, 5.41) is 0.840. The predicted octanol–water partition coefficient (Wildman–Crippen LogP) is 1.28. The molecule has 1 aromatic heterocycles. The van der Waals surface area contributed by atoms with Crippen LogP contribution in [0.1, 0.15) is 0 Å². The third kappa shape index (κ3) is 2.92. The summed E-state index contributed by atoms with van der Waals surface area (Å²) in [6.45, 7) is 0. The van der Waals surface area contributed by atoms with E-state index in [2.05, 4.69) is 20.6 Å². The minimum atomic E-state index is -0.307. The van der Waals surface area contributed by atoms with E-state index in [4.69, 9.17) is 0 Å². The van der Waals surface area contributed by atoms with Crippen LogP contribution in [-0.4, -0.2) is 9.32 Å². The molecule has 0 aliphatic heterocycles. The molecule has 0 aliphatic rings. The van der Waals surface area contributed by atoms with Crippen LogP contribution in [0.4, 0.5) is 0 Å². The molecule has 0 amide bonds. The minimum absolute atomic E-state index is 0. The Morgan fingerprint density at radius 1 is 1.33 bits per heavy atom. The Morgan fingerprint density at radius 2 is 1.93 bits per heavy atom. The first-order chi connectivity index (χ1) is 5.79. The minimum Gasteiger partial charge on any atom is -0.358 e. The van der Waals surface area contributed by atoms with Crippen molar-refractivity contribution in [3.63, 3.8) is 0 Å². The molecule has 0 spiro atoms. The SMILES string of the molecule is O=c1n[c-]c2ccccc2n1P.[CH3-].[Rf].[Y]. The van der Waals surface area contributed by atoms with Gasteiger partial charge in [-0.1, -0.05) is 12.1 Å². The van der Waals surface area contributed by atoms with Crippen molar-refractivity contribution in [3.05, 3.63) is 48.4 Å². The van der Waals surface area contributed by atoms with Crippen LogP contribution in [0.3, 0.4) is 0 Å². The molecule has 1 atom stereocenters. The average Bonchev–Trinajstić information content (AvgIpc) is 2.12. The fourth-order valence-electron chi connectivity index (χ4n) is 1.04. The molecule has 1 heterocycles. The van der Waals surface area contributed by atoms with Gasteiger partial charge in [-0.15, -0.1) is 17.5 Å². The normalized spacial score (nSPS) is 8.33. The van der Waals surface area contributed by atoms with Crippen molar-refractivity contribution in [2.24, 2.45) is 0 Å². The topological polar surface area (TPSA) is 34.9 Å². The second-order valence-corrected chi connectivity index (χ2v) is 2.91. The molecule has 15 heavy (non-hydrogen) atoms. The van der Waals surface area contributed by atoms with E-state index in [0.29, 0.717) is 0 Å². The summed E-state index contributed by atoms with van der Waals surface area (Å²) in [4.78, 5) is 14.6. The van der Waals surface area contributed by atoms with Gasteiger partial charge < -0.3 is 16.6 Å². The quantitative estimate of drug-likeness (QED) is 0.368. The van der Waals surface area contributed by atoms with Gasteiger partial charge in [0.1, 0.15) is 0 Å². The van der Waals surface area contributed by atoms with Crippen LogP contribution < -0.4 is 5.69 Å². The Balaban J connectivity index is 0. The van der Waals surface area contributed by atoms with Crippen molar-refractivity contribution >= 4 is 20.3 Å². The van der Waals surface area contributed by atoms with E-state index < -0.39 is 0 Å². The number of rotatable bonds is 0. The second-order valence-electron chi connectivity index (χ2n) is 2.39. The number of fused-ring (bicyclic) bond motifs is 1. The molecule has 6 heteroatoms. The number of aromatic nitrogens is 2. The number of nitrogens with zero attached hydrogens (tertiary/aromatic N) is 2. The number of hydrogen-bond acceptors (Lipinski definition) is 2. The van der Waals surface area contributed by atoms with Crippen molar-refractivity contribution in [2.45, 2.75) is 0 Å². The van der Waals surface area contributed by atoms with Crippen molar-refractivity contribution < 1.29 is 32.7 Å². The van der Waals surface area contributed by atoms with E-state index >= 15 is 0 Å². The van der Waals surface area contributed by atoms with Crippen LogP contribution in [0, 0.1) is 13.6 Å². The molecule has 73 valence electrons. The van der Waals surface area contributed by atoms with Gasteiger partial charge in [0, 0.05) is 32.7 Å². The summed E-state index contributed by atoms with van der Waals surface area (Å²) in [5.74, 6) is 0. The van der Waals surface area contributed by atoms with Gasteiger partial charge in [-0.2, -0.15) is 0 Å².